The molecule has 4 nitrogen and oxygen atoms in total. The lowest BCUT2D eigenvalue weighted by atomic mass is 10.3. The summed E-state index contributed by atoms with van der Waals surface area (Å²) in [5, 5.41) is 6.98. The van der Waals surface area contributed by atoms with Crippen LogP contribution in [0.15, 0.2) is 18.3 Å². The lowest BCUT2D eigenvalue weighted by Crippen LogP contribution is -2.05. The summed E-state index contributed by atoms with van der Waals surface area (Å²) in [5.41, 5.74) is 9.03. The van der Waals surface area contributed by atoms with Gasteiger partial charge in [0.05, 0.1) is 6.20 Å². The van der Waals surface area contributed by atoms with Gasteiger partial charge in [0.2, 0.25) is 0 Å². The van der Waals surface area contributed by atoms with E-state index in [1.807, 2.05) is 0 Å². The van der Waals surface area contributed by atoms with E-state index in [4.69, 9.17) is 5.73 Å². The number of hydrogen-bond acceptors (Lipinski definition) is 2. The average molecular weight is 190 g/mol. The normalized spacial score (nSPS) is 10.8. The summed E-state index contributed by atoms with van der Waals surface area (Å²) in [5.74, 6) is 0.979. The Morgan fingerprint density at radius 3 is 2.57 bits per heavy atom. The van der Waals surface area contributed by atoms with Crippen molar-refractivity contribution in [3.63, 3.8) is 0 Å². The Hall–Kier alpha value is -1.55. The Morgan fingerprint density at radius 2 is 2.00 bits per heavy atom. The molecule has 0 spiro atoms. The summed E-state index contributed by atoms with van der Waals surface area (Å²) >= 11 is 0. The van der Waals surface area contributed by atoms with E-state index in [2.05, 4.69) is 40.7 Å². The van der Waals surface area contributed by atoms with Crippen molar-refractivity contribution in [1.82, 2.24) is 14.8 Å². The molecule has 2 heterocycles. The maximum atomic E-state index is 5.63. The summed E-state index contributed by atoms with van der Waals surface area (Å²) in [4.78, 5) is 0. The summed E-state index contributed by atoms with van der Waals surface area (Å²) in [6, 6.07) is 4.16. The molecule has 0 aliphatic carbocycles. The molecule has 0 atom stereocenters. The molecule has 0 aliphatic rings. The second-order valence-electron chi connectivity index (χ2n) is 3.40. The van der Waals surface area contributed by atoms with Crippen molar-refractivity contribution < 1.29 is 0 Å². The first-order valence-electron chi connectivity index (χ1n) is 4.61. The van der Waals surface area contributed by atoms with Crippen LogP contribution >= 0.6 is 0 Å². The number of nitrogens with one attached hydrogen (secondary N) is 1. The van der Waals surface area contributed by atoms with E-state index >= 15 is 0 Å². The van der Waals surface area contributed by atoms with Crippen LogP contribution in [0.5, 0.6) is 0 Å². The van der Waals surface area contributed by atoms with Crippen LogP contribution < -0.4 is 5.73 Å². The van der Waals surface area contributed by atoms with E-state index in [9.17, 15) is 0 Å². The Morgan fingerprint density at radius 1 is 1.36 bits per heavy atom. The molecule has 0 saturated carbocycles. The van der Waals surface area contributed by atoms with Gasteiger partial charge >= 0.3 is 0 Å². The molecule has 3 N–H and O–H groups in total. The number of rotatable bonds is 2. The lowest BCUT2D eigenvalue weighted by Gasteiger charge is -2.08. The quantitative estimate of drug-likeness (QED) is 0.749. The van der Waals surface area contributed by atoms with Crippen molar-refractivity contribution in [1.29, 1.82) is 0 Å². The van der Waals surface area contributed by atoms with Crippen LogP contribution in [-0.2, 0) is 6.54 Å². The zero-order valence-corrected chi connectivity index (χ0v) is 8.41. The number of H-pyrrole nitrogens is 1. The first-order chi connectivity index (χ1) is 6.74. The van der Waals surface area contributed by atoms with Crippen molar-refractivity contribution in [3.8, 4) is 5.82 Å². The zero-order chi connectivity index (χ0) is 10.1. The van der Waals surface area contributed by atoms with Gasteiger partial charge in [-0.15, -0.1) is 0 Å². The molecular weight excluding hydrogens is 176 g/mol. The molecule has 74 valence electrons. The lowest BCUT2D eigenvalue weighted by molar-refractivity contribution is 0.885. The molecule has 0 saturated heterocycles. The minimum atomic E-state index is 0.503. The van der Waals surface area contributed by atoms with Gasteiger partial charge in [-0.25, -0.2) is 0 Å². The molecule has 0 unspecified atom stereocenters. The molecule has 0 amide bonds. The van der Waals surface area contributed by atoms with Crippen molar-refractivity contribution in [2.45, 2.75) is 20.4 Å². The van der Waals surface area contributed by atoms with Crippen molar-refractivity contribution in [2.75, 3.05) is 0 Å². The second-order valence-corrected chi connectivity index (χ2v) is 3.40. The molecular formula is C10H14N4. The highest BCUT2D eigenvalue weighted by Crippen LogP contribution is 2.17. The third kappa shape index (κ3) is 1.24. The maximum Gasteiger partial charge on any atom is 0.137 e. The number of nitrogens with two attached hydrogens (primary N) is 1. The molecule has 2 rings (SSSR count). The maximum absolute atomic E-state index is 5.63. The third-order valence-corrected chi connectivity index (χ3v) is 2.41. The molecule has 4 heteroatoms. The van der Waals surface area contributed by atoms with Crippen molar-refractivity contribution in [3.05, 3.63) is 35.3 Å². The second kappa shape index (κ2) is 3.31. The van der Waals surface area contributed by atoms with Crippen molar-refractivity contribution in [2.24, 2.45) is 5.73 Å². The Bertz CT molecular complexity index is 419. The van der Waals surface area contributed by atoms with Gasteiger partial charge in [-0.2, -0.15) is 5.10 Å². The molecule has 0 aliphatic heterocycles. The zero-order valence-electron chi connectivity index (χ0n) is 8.41. The molecule has 14 heavy (non-hydrogen) atoms. The van der Waals surface area contributed by atoms with E-state index in [-0.39, 0.29) is 0 Å². The fraction of sp³-hybridized carbons (Fsp3) is 0.300. The fourth-order valence-corrected chi connectivity index (χ4v) is 1.67. The summed E-state index contributed by atoms with van der Waals surface area (Å²) < 4.78 is 2.12. The molecule has 0 fully saturated rings. The van der Waals surface area contributed by atoms with Gasteiger partial charge in [0.25, 0.3) is 0 Å². The minimum absolute atomic E-state index is 0.503. The number of hydrogen-bond donors (Lipinski definition) is 2. The van der Waals surface area contributed by atoms with Crippen LogP contribution in [0.1, 0.15) is 17.0 Å². The topological polar surface area (TPSA) is 59.6 Å². The van der Waals surface area contributed by atoms with Gasteiger partial charge < -0.3 is 10.3 Å². The summed E-state index contributed by atoms with van der Waals surface area (Å²) in [7, 11) is 0. The smallest absolute Gasteiger partial charge is 0.137 e. The minimum Gasteiger partial charge on any atom is -0.326 e. The average Bonchev–Trinajstić information content (AvgIpc) is 2.73. The first kappa shape index (κ1) is 9.02. The van der Waals surface area contributed by atoms with E-state index in [0.29, 0.717) is 6.54 Å². The number of aromatic amines is 1. The highest BCUT2D eigenvalue weighted by molar-refractivity contribution is 5.37. The Kier molecular flexibility index (Phi) is 2.13. The highest BCUT2D eigenvalue weighted by atomic mass is 15.2. The van der Waals surface area contributed by atoms with E-state index in [1.54, 1.807) is 6.20 Å². The highest BCUT2D eigenvalue weighted by Gasteiger charge is 2.09. The van der Waals surface area contributed by atoms with Crippen LogP contribution in [0.4, 0.5) is 0 Å². The molecule has 0 aromatic carbocycles. The van der Waals surface area contributed by atoms with E-state index in [1.165, 1.54) is 11.4 Å². The third-order valence-electron chi connectivity index (χ3n) is 2.41. The molecule has 0 radical (unpaired) electrons. The standard InChI is InChI=1S/C10H14N4/c1-7-3-4-8(2)14(7)10-9(5-11)6-12-13-10/h3-4,6H,5,11H2,1-2H3,(H,12,13). The van der Waals surface area contributed by atoms with Gasteiger partial charge in [0.15, 0.2) is 0 Å². The monoisotopic (exact) mass is 190 g/mol. The SMILES string of the molecule is Cc1ccc(C)n1-c1[nH]ncc1CN. The van der Waals surface area contributed by atoms with Crippen LogP contribution in [0.25, 0.3) is 5.82 Å². The predicted octanol–water partition coefficient (Wildman–Crippen LogP) is 1.28. The van der Waals surface area contributed by atoms with Crippen LogP contribution in [0, 0.1) is 13.8 Å². The molecule has 0 bridgehead atoms. The summed E-state index contributed by atoms with van der Waals surface area (Å²) in [6.07, 6.45) is 1.77. The summed E-state index contributed by atoms with van der Waals surface area (Å²) in [6.45, 7) is 4.63. The largest absolute Gasteiger partial charge is 0.326 e. The number of nitrogens with zero attached hydrogens (tertiary/aromatic N) is 2. The van der Waals surface area contributed by atoms with Crippen LogP contribution in [-0.4, -0.2) is 14.8 Å². The van der Waals surface area contributed by atoms with Gasteiger partial charge in [-0.3, -0.25) is 5.10 Å². The Labute approximate surface area is 82.7 Å². The predicted molar refractivity (Wildman–Crippen MR) is 55.3 cm³/mol. The number of aryl methyl sites for hydroxylation is 2. The fourth-order valence-electron chi connectivity index (χ4n) is 1.67. The van der Waals surface area contributed by atoms with Gasteiger partial charge in [0.1, 0.15) is 5.82 Å². The van der Waals surface area contributed by atoms with E-state index < -0.39 is 0 Å². The van der Waals surface area contributed by atoms with Crippen molar-refractivity contribution >= 4 is 0 Å². The van der Waals surface area contributed by atoms with Gasteiger partial charge in [-0.1, -0.05) is 0 Å². The number of aromatic nitrogens is 3. The van der Waals surface area contributed by atoms with Crippen LogP contribution in [0.3, 0.4) is 0 Å². The Balaban J connectivity index is 2.59. The molecule has 2 aromatic rings. The first-order valence-corrected chi connectivity index (χ1v) is 4.61. The molecule has 2 aromatic heterocycles. The van der Waals surface area contributed by atoms with Crippen LogP contribution in [0.2, 0.25) is 0 Å². The van der Waals surface area contributed by atoms with Gasteiger partial charge in [-0.05, 0) is 26.0 Å². The van der Waals surface area contributed by atoms with E-state index in [0.717, 1.165) is 11.4 Å². The van der Waals surface area contributed by atoms with Gasteiger partial charge in [0, 0.05) is 23.5 Å².